The van der Waals surface area contributed by atoms with Crippen molar-refractivity contribution in [2.45, 2.75) is 27.4 Å². The summed E-state index contributed by atoms with van der Waals surface area (Å²) >= 11 is 1.63. The standard InChI is InChI=1S/C15H18N2O3S/c1-9-11(3)21-15(16-9)8-20-13-6-5-12(10(2)17-18)7-14(13)19-4/h5-7,18H,8H2,1-4H3/b17-10+. The fourth-order valence-corrected chi connectivity index (χ4v) is 2.66. The quantitative estimate of drug-likeness (QED) is 0.521. The van der Waals surface area contributed by atoms with E-state index in [0.717, 1.165) is 16.3 Å². The minimum absolute atomic E-state index is 0.405. The number of oxime groups is 1. The van der Waals surface area contributed by atoms with Gasteiger partial charge < -0.3 is 14.7 Å². The fraction of sp³-hybridized carbons (Fsp3) is 0.333. The van der Waals surface area contributed by atoms with Crippen LogP contribution in [0.3, 0.4) is 0 Å². The van der Waals surface area contributed by atoms with Crippen LogP contribution in [0.4, 0.5) is 0 Å². The molecule has 112 valence electrons. The van der Waals surface area contributed by atoms with E-state index in [4.69, 9.17) is 14.7 Å². The number of aromatic nitrogens is 1. The molecule has 6 heteroatoms. The third-order valence-electron chi connectivity index (χ3n) is 3.16. The summed E-state index contributed by atoms with van der Waals surface area (Å²) in [5.41, 5.74) is 2.34. The van der Waals surface area contributed by atoms with Crippen LogP contribution in [-0.2, 0) is 6.61 Å². The van der Waals surface area contributed by atoms with Gasteiger partial charge in [-0.15, -0.1) is 11.3 Å². The molecule has 2 rings (SSSR count). The van der Waals surface area contributed by atoms with Gasteiger partial charge in [-0.25, -0.2) is 4.98 Å². The summed E-state index contributed by atoms with van der Waals surface area (Å²) in [6, 6.07) is 5.41. The first kappa shape index (κ1) is 15.3. The molecule has 0 atom stereocenters. The van der Waals surface area contributed by atoms with Crippen LogP contribution in [0.1, 0.15) is 28.1 Å². The molecular formula is C15H18N2O3S. The number of benzene rings is 1. The minimum atomic E-state index is 0.405. The Morgan fingerprint density at radius 1 is 1.33 bits per heavy atom. The Labute approximate surface area is 127 Å². The van der Waals surface area contributed by atoms with E-state index in [0.29, 0.717) is 23.8 Å². The lowest BCUT2D eigenvalue weighted by atomic mass is 10.1. The van der Waals surface area contributed by atoms with Gasteiger partial charge in [0.2, 0.25) is 0 Å². The second-order valence-corrected chi connectivity index (χ2v) is 5.88. The molecule has 1 heterocycles. The van der Waals surface area contributed by atoms with Crippen molar-refractivity contribution in [2.24, 2.45) is 5.16 Å². The molecule has 1 N–H and O–H groups in total. The average molecular weight is 306 g/mol. The van der Waals surface area contributed by atoms with Crippen LogP contribution in [-0.4, -0.2) is 23.0 Å². The van der Waals surface area contributed by atoms with Gasteiger partial charge in [0.15, 0.2) is 11.5 Å². The maximum Gasteiger partial charge on any atom is 0.161 e. The van der Waals surface area contributed by atoms with E-state index >= 15 is 0 Å². The lowest BCUT2D eigenvalue weighted by molar-refractivity contribution is 0.284. The molecule has 0 radical (unpaired) electrons. The summed E-state index contributed by atoms with van der Waals surface area (Å²) in [6.45, 7) is 6.16. The highest BCUT2D eigenvalue weighted by molar-refractivity contribution is 7.11. The SMILES string of the molecule is COc1cc(/C(C)=N/O)ccc1OCc1nc(C)c(C)s1. The van der Waals surface area contributed by atoms with Crippen molar-refractivity contribution in [3.05, 3.63) is 39.3 Å². The molecule has 0 saturated carbocycles. The average Bonchev–Trinajstić information content (AvgIpc) is 2.82. The van der Waals surface area contributed by atoms with Crippen molar-refractivity contribution in [3.63, 3.8) is 0 Å². The lowest BCUT2D eigenvalue weighted by Crippen LogP contribution is -2.00. The van der Waals surface area contributed by atoms with Gasteiger partial charge >= 0.3 is 0 Å². The molecule has 0 aliphatic carbocycles. The van der Waals surface area contributed by atoms with Gasteiger partial charge in [0.1, 0.15) is 11.6 Å². The number of hydrogen-bond acceptors (Lipinski definition) is 6. The first-order valence-corrected chi connectivity index (χ1v) is 7.29. The fourth-order valence-electron chi connectivity index (χ4n) is 1.81. The van der Waals surface area contributed by atoms with Gasteiger partial charge in [-0.05, 0) is 39.0 Å². The third-order valence-corrected chi connectivity index (χ3v) is 4.20. The lowest BCUT2D eigenvalue weighted by Gasteiger charge is -2.11. The molecular weight excluding hydrogens is 288 g/mol. The number of methoxy groups -OCH3 is 1. The molecule has 0 fully saturated rings. The van der Waals surface area contributed by atoms with Crippen LogP contribution in [0.15, 0.2) is 23.4 Å². The van der Waals surface area contributed by atoms with E-state index in [1.807, 2.05) is 19.9 Å². The van der Waals surface area contributed by atoms with E-state index < -0.39 is 0 Å². The number of nitrogens with zero attached hydrogens (tertiary/aromatic N) is 2. The zero-order chi connectivity index (χ0) is 15.4. The maximum atomic E-state index is 8.81. The molecule has 0 aliphatic rings. The molecule has 2 aromatic rings. The van der Waals surface area contributed by atoms with Crippen LogP contribution < -0.4 is 9.47 Å². The summed E-state index contributed by atoms with van der Waals surface area (Å²) in [5.74, 6) is 1.23. The first-order chi connectivity index (χ1) is 10.0. The van der Waals surface area contributed by atoms with Crippen LogP contribution in [0.25, 0.3) is 0 Å². The minimum Gasteiger partial charge on any atom is -0.493 e. The molecule has 0 saturated heterocycles. The molecule has 5 nitrogen and oxygen atoms in total. The largest absolute Gasteiger partial charge is 0.493 e. The molecule has 0 unspecified atom stereocenters. The van der Waals surface area contributed by atoms with Crippen LogP contribution >= 0.6 is 11.3 Å². The van der Waals surface area contributed by atoms with Gasteiger partial charge in [0.25, 0.3) is 0 Å². The van der Waals surface area contributed by atoms with Crippen LogP contribution in [0.5, 0.6) is 11.5 Å². The van der Waals surface area contributed by atoms with Gasteiger partial charge in [-0.2, -0.15) is 0 Å². The Hall–Kier alpha value is -2.08. The summed E-state index contributed by atoms with van der Waals surface area (Å²) < 4.78 is 11.1. The van der Waals surface area contributed by atoms with E-state index in [-0.39, 0.29) is 0 Å². The van der Waals surface area contributed by atoms with Crippen molar-refractivity contribution in [3.8, 4) is 11.5 Å². The monoisotopic (exact) mass is 306 g/mol. The van der Waals surface area contributed by atoms with E-state index in [1.54, 1.807) is 37.5 Å². The summed E-state index contributed by atoms with van der Waals surface area (Å²) in [4.78, 5) is 5.64. The second kappa shape index (κ2) is 6.58. The predicted octanol–water partition coefficient (Wildman–Crippen LogP) is 3.55. The van der Waals surface area contributed by atoms with Gasteiger partial charge in [-0.1, -0.05) is 5.16 Å². The highest BCUT2D eigenvalue weighted by Gasteiger charge is 2.10. The van der Waals surface area contributed by atoms with Crippen molar-refractivity contribution in [2.75, 3.05) is 7.11 Å². The smallest absolute Gasteiger partial charge is 0.161 e. The number of aryl methyl sites for hydroxylation is 2. The number of thiazole rings is 1. The number of ether oxygens (including phenoxy) is 2. The molecule has 1 aromatic carbocycles. The number of rotatable bonds is 5. The Kier molecular flexibility index (Phi) is 4.80. The third kappa shape index (κ3) is 3.52. The highest BCUT2D eigenvalue weighted by atomic mass is 32.1. The highest BCUT2D eigenvalue weighted by Crippen LogP contribution is 2.29. The van der Waals surface area contributed by atoms with Gasteiger partial charge in [-0.3, -0.25) is 0 Å². The van der Waals surface area contributed by atoms with Crippen molar-refractivity contribution in [1.82, 2.24) is 4.98 Å². The Balaban J connectivity index is 2.16. The van der Waals surface area contributed by atoms with Gasteiger partial charge in [0.05, 0.1) is 18.5 Å². The normalized spacial score (nSPS) is 11.5. The second-order valence-electron chi connectivity index (χ2n) is 4.59. The molecule has 0 aliphatic heterocycles. The first-order valence-electron chi connectivity index (χ1n) is 6.48. The maximum absolute atomic E-state index is 8.81. The molecule has 0 bridgehead atoms. The van der Waals surface area contributed by atoms with Gasteiger partial charge in [0, 0.05) is 10.4 Å². The molecule has 1 aromatic heterocycles. The summed E-state index contributed by atoms with van der Waals surface area (Å²) in [5, 5.41) is 12.9. The summed E-state index contributed by atoms with van der Waals surface area (Å²) in [6.07, 6.45) is 0. The van der Waals surface area contributed by atoms with Crippen molar-refractivity contribution in [1.29, 1.82) is 0 Å². The van der Waals surface area contributed by atoms with Crippen LogP contribution in [0, 0.1) is 13.8 Å². The van der Waals surface area contributed by atoms with E-state index in [1.165, 1.54) is 4.88 Å². The van der Waals surface area contributed by atoms with Crippen LogP contribution in [0.2, 0.25) is 0 Å². The molecule has 21 heavy (non-hydrogen) atoms. The Bertz CT molecular complexity index is 645. The molecule has 0 spiro atoms. The van der Waals surface area contributed by atoms with E-state index in [9.17, 15) is 0 Å². The van der Waals surface area contributed by atoms with E-state index in [2.05, 4.69) is 10.1 Å². The van der Waals surface area contributed by atoms with Crippen molar-refractivity contribution < 1.29 is 14.7 Å². The van der Waals surface area contributed by atoms with Crippen molar-refractivity contribution >= 4 is 17.0 Å². The Morgan fingerprint density at radius 2 is 2.10 bits per heavy atom. The molecule has 0 amide bonds. The zero-order valence-corrected chi connectivity index (χ0v) is 13.3. The topological polar surface area (TPSA) is 63.9 Å². The Morgan fingerprint density at radius 3 is 2.67 bits per heavy atom. The number of hydrogen-bond donors (Lipinski definition) is 1. The summed E-state index contributed by atoms with van der Waals surface area (Å²) in [7, 11) is 1.58. The predicted molar refractivity (Wildman–Crippen MR) is 82.9 cm³/mol. The zero-order valence-electron chi connectivity index (χ0n) is 12.5.